The highest BCUT2D eigenvalue weighted by Crippen LogP contribution is 2.34. The van der Waals surface area contributed by atoms with Gasteiger partial charge in [0, 0.05) is 0 Å². The highest BCUT2D eigenvalue weighted by atomic mass is 79.9. The van der Waals surface area contributed by atoms with Crippen molar-refractivity contribution in [3.8, 4) is 5.75 Å². The molecule has 2 aromatic carbocycles. The Morgan fingerprint density at radius 2 is 1.72 bits per heavy atom. The Morgan fingerprint density at radius 3 is 2.32 bits per heavy atom. The summed E-state index contributed by atoms with van der Waals surface area (Å²) in [5, 5.41) is 12.2. The molecule has 8 heteroatoms. The lowest BCUT2D eigenvalue weighted by molar-refractivity contribution is -0.123. The van der Waals surface area contributed by atoms with Gasteiger partial charge in [-0.05, 0) is 73.3 Å². The number of urea groups is 1. The Balaban J connectivity index is 1.84. The first-order chi connectivity index (χ1) is 11.8. The van der Waals surface area contributed by atoms with Crippen LogP contribution < -0.4 is 5.32 Å². The topological polar surface area (TPSA) is 69.6 Å². The number of nitrogens with one attached hydrogen (secondary N) is 1. The Labute approximate surface area is 159 Å². The van der Waals surface area contributed by atoms with E-state index in [0.717, 1.165) is 4.90 Å². The summed E-state index contributed by atoms with van der Waals surface area (Å²) in [7, 11) is 0. The molecular formula is C17H11Br2FN2O3. The van der Waals surface area contributed by atoms with Crippen LogP contribution in [0.5, 0.6) is 5.75 Å². The van der Waals surface area contributed by atoms with Gasteiger partial charge in [-0.3, -0.25) is 9.69 Å². The van der Waals surface area contributed by atoms with E-state index < -0.39 is 11.9 Å². The number of carbonyl (C=O) groups excluding carboxylic acids is 2. The average molecular weight is 470 g/mol. The van der Waals surface area contributed by atoms with Crippen molar-refractivity contribution in [1.82, 2.24) is 10.2 Å². The molecule has 0 radical (unpaired) electrons. The molecule has 0 unspecified atom stereocenters. The summed E-state index contributed by atoms with van der Waals surface area (Å²) >= 11 is 6.43. The van der Waals surface area contributed by atoms with Crippen LogP contribution in [-0.2, 0) is 11.3 Å². The number of phenols is 1. The van der Waals surface area contributed by atoms with Crippen LogP contribution in [-0.4, -0.2) is 21.9 Å². The predicted molar refractivity (Wildman–Crippen MR) is 97.0 cm³/mol. The van der Waals surface area contributed by atoms with Gasteiger partial charge in [0.2, 0.25) is 0 Å². The molecule has 1 heterocycles. The molecule has 3 rings (SSSR count). The van der Waals surface area contributed by atoms with E-state index in [1.165, 1.54) is 30.3 Å². The third-order valence-corrected chi connectivity index (χ3v) is 4.78. The summed E-state index contributed by atoms with van der Waals surface area (Å²) in [6, 6.07) is 8.28. The molecule has 5 nitrogen and oxygen atoms in total. The van der Waals surface area contributed by atoms with Gasteiger partial charge in [-0.25, -0.2) is 9.18 Å². The van der Waals surface area contributed by atoms with Gasteiger partial charge in [0.05, 0.1) is 15.5 Å². The fraction of sp³-hybridized carbons (Fsp3) is 0.0588. The van der Waals surface area contributed by atoms with Crippen LogP contribution >= 0.6 is 31.9 Å². The zero-order chi connectivity index (χ0) is 18.1. The monoisotopic (exact) mass is 468 g/mol. The van der Waals surface area contributed by atoms with Crippen LogP contribution in [0.15, 0.2) is 51.0 Å². The molecule has 1 aliphatic heterocycles. The smallest absolute Gasteiger partial charge is 0.329 e. The van der Waals surface area contributed by atoms with E-state index in [4.69, 9.17) is 0 Å². The number of carbonyl (C=O) groups is 2. The van der Waals surface area contributed by atoms with Crippen LogP contribution in [0.3, 0.4) is 0 Å². The summed E-state index contributed by atoms with van der Waals surface area (Å²) in [6.07, 6.45) is 1.51. The first kappa shape index (κ1) is 17.6. The predicted octanol–water partition coefficient (Wildman–Crippen LogP) is 4.15. The molecular weight excluding hydrogens is 459 g/mol. The number of halogens is 3. The van der Waals surface area contributed by atoms with Crippen LogP contribution in [0.2, 0.25) is 0 Å². The SMILES string of the molecule is O=C1N/C(=C/c2cc(Br)c(O)c(Br)c2)C(=O)N1Cc1ccc(F)cc1. The van der Waals surface area contributed by atoms with E-state index >= 15 is 0 Å². The minimum Gasteiger partial charge on any atom is -0.506 e. The van der Waals surface area contributed by atoms with Crippen molar-refractivity contribution in [1.29, 1.82) is 0 Å². The first-order valence-electron chi connectivity index (χ1n) is 7.12. The zero-order valence-electron chi connectivity index (χ0n) is 12.6. The molecule has 0 aromatic heterocycles. The average Bonchev–Trinajstić information content (AvgIpc) is 2.82. The number of imide groups is 1. The summed E-state index contributed by atoms with van der Waals surface area (Å²) in [5.74, 6) is -0.818. The van der Waals surface area contributed by atoms with E-state index in [2.05, 4.69) is 37.2 Å². The van der Waals surface area contributed by atoms with E-state index in [0.29, 0.717) is 20.1 Å². The standard InChI is InChI=1S/C17H11Br2FN2O3/c18-12-5-10(6-13(19)15(12)23)7-14-16(24)22(17(25)21-14)8-9-1-3-11(20)4-2-9/h1-7,23H,8H2,(H,21,25)/b14-7+. The molecule has 2 N–H and O–H groups in total. The Kier molecular flexibility index (Phi) is 4.91. The van der Waals surface area contributed by atoms with Crippen molar-refractivity contribution in [3.05, 3.63) is 68.0 Å². The largest absolute Gasteiger partial charge is 0.506 e. The molecule has 128 valence electrons. The van der Waals surface area contributed by atoms with Gasteiger partial charge in [0.1, 0.15) is 17.3 Å². The van der Waals surface area contributed by atoms with Crippen LogP contribution in [0, 0.1) is 5.82 Å². The second-order valence-corrected chi connectivity index (χ2v) is 7.05. The molecule has 3 amide bonds. The number of hydrogen-bond donors (Lipinski definition) is 2. The summed E-state index contributed by atoms with van der Waals surface area (Å²) < 4.78 is 13.9. The van der Waals surface area contributed by atoms with Gasteiger partial charge in [-0.2, -0.15) is 0 Å². The Morgan fingerprint density at radius 1 is 1.12 bits per heavy atom. The number of rotatable bonds is 3. The number of aromatic hydroxyl groups is 1. The van der Waals surface area contributed by atoms with Gasteiger partial charge in [0.25, 0.3) is 5.91 Å². The highest BCUT2D eigenvalue weighted by molar-refractivity contribution is 9.11. The lowest BCUT2D eigenvalue weighted by Crippen LogP contribution is -2.30. The minimum absolute atomic E-state index is 0.0434. The minimum atomic E-state index is -0.544. The lowest BCUT2D eigenvalue weighted by Gasteiger charge is -2.11. The van der Waals surface area contributed by atoms with Crippen molar-refractivity contribution in [2.24, 2.45) is 0 Å². The van der Waals surface area contributed by atoms with Gasteiger partial charge < -0.3 is 10.4 Å². The van der Waals surface area contributed by atoms with Gasteiger partial charge in [0.15, 0.2) is 0 Å². The second-order valence-electron chi connectivity index (χ2n) is 5.34. The van der Waals surface area contributed by atoms with Crippen LogP contribution in [0.4, 0.5) is 9.18 Å². The van der Waals surface area contributed by atoms with Crippen LogP contribution in [0.1, 0.15) is 11.1 Å². The maximum Gasteiger partial charge on any atom is 0.329 e. The molecule has 1 aliphatic rings. The molecule has 25 heavy (non-hydrogen) atoms. The molecule has 1 fully saturated rings. The van der Waals surface area contributed by atoms with Gasteiger partial charge in [-0.1, -0.05) is 12.1 Å². The molecule has 1 saturated heterocycles. The van der Waals surface area contributed by atoms with E-state index in [1.54, 1.807) is 12.1 Å². The molecule has 0 saturated carbocycles. The molecule has 0 spiro atoms. The molecule has 0 bridgehead atoms. The Hall–Kier alpha value is -2.19. The Bertz CT molecular complexity index is 874. The number of hydrogen-bond acceptors (Lipinski definition) is 3. The fourth-order valence-corrected chi connectivity index (χ4v) is 3.54. The van der Waals surface area contributed by atoms with E-state index in [-0.39, 0.29) is 23.8 Å². The third-order valence-electron chi connectivity index (χ3n) is 3.57. The van der Waals surface area contributed by atoms with Crippen LogP contribution in [0.25, 0.3) is 6.08 Å². The van der Waals surface area contributed by atoms with Crippen molar-refractivity contribution in [2.45, 2.75) is 6.54 Å². The highest BCUT2D eigenvalue weighted by Gasteiger charge is 2.33. The maximum absolute atomic E-state index is 13.0. The quantitative estimate of drug-likeness (QED) is 0.524. The van der Waals surface area contributed by atoms with Crippen molar-refractivity contribution in [2.75, 3.05) is 0 Å². The van der Waals surface area contributed by atoms with Crippen molar-refractivity contribution >= 4 is 49.9 Å². The maximum atomic E-state index is 13.0. The summed E-state index contributed by atoms with van der Waals surface area (Å²) in [5.41, 5.74) is 1.38. The normalized spacial score (nSPS) is 15.8. The summed E-state index contributed by atoms with van der Waals surface area (Å²) in [4.78, 5) is 25.6. The molecule has 2 aromatic rings. The zero-order valence-corrected chi connectivity index (χ0v) is 15.8. The number of benzene rings is 2. The second kappa shape index (κ2) is 6.97. The number of amides is 3. The fourth-order valence-electron chi connectivity index (χ4n) is 2.32. The van der Waals surface area contributed by atoms with Crippen molar-refractivity contribution < 1.29 is 19.1 Å². The summed E-state index contributed by atoms with van der Waals surface area (Å²) in [6.45, 7) is 0.0469. The van der Waals surface area contributed by atoms with Gasteiger partial charge >= 0.3 is 6.03 Å². The number of phenolic OH excluding ortho intramolecular Hbond substituents is 1. The first-order valence-corrected chi connectivity index (χ1v) is 8.71. The third kappa shape index (κ3) is 3.74. The van der Waals surface area contributed by atoms with E-state index in [1.807, 2.05) is 0 Å². The van der Waals surface area contributed by atoms with Gasteiger partial charge in [-0.15, -0.1) is 0 Å². The van der Waals surface area contributed by atoms with Crippen molar-refractivity contribution in [3.63, 3.8) is 0 Å². The van der Waals surface area contributed by atoms with E-state index in [9.17, 15) is 19.1 Å². The number of nitrogens with zero attached hydrogens (tertiary/aromatic N) is 1. The lowest BCUT2D eigenvalue weighted by atomic mass is 10.1. The molecule has 0 aliphatic carbocycles. The molecule has 0 atom stereocenters.